The summed E-state index contributed by atoms with van der Waals surface area (Å²) in [4.78, 5) is 4.17. The van der Waals surface area contributed by atoms with Gasteiger partial charge in [-0.05, 0) is 6.07 Å². The molecule has 2 rings (SSSR count). The number of hydrogen-bond acceptors (Lipinski definition) is 2. The van der Waals surface area contributed by atoms with Crippen molar-refractivity contribution in [3.05, 3.63) is 36.4 Å². The lowest BCUT2D eigenvalue weighted by atomic mass is 10.2. The van der Waals surface area contributed by atoms with E-state index in [1.807, 2.05) is 37.0 Å². The highest BCUT2D eigenvalue weighted by Gasteiger charge is 2.00. The van der Waals surface area contributed by atoms with E-state index in [9.17, 15) is 0 Å². The Morgan fingerprint density at radius 1 is 1.27 bits per heavy atom. The SMILES string of the molecule is [CH]1CN=Cc2ccccc2N1. The third kappa shape index (κ3) is 1.24. The number of aliphatic imine (C=N–C) groups is 1. The molecule has 0 bridgehead atoms. The van der Waals surface area contributed by atoms with Crippen LogP contribution in [0.1, 0.15) is 5.56 Å². The molecular formula is C9H9N2. The average Bonchev–Trinajstić information content (AvgIpc) is 2.28. The normalized spacial score (nSPS) is 14.9. The van der Waals surface area contributed by atoms with Crippen LogP contribution in [0.3, 0.4) is 0 Å². The lowest BCUT2D eigenvalue weighted by molar-refractivity contribution is 1.16. The van der Waals surface area contributed by atoms with E-state index in [-0.39, 0.29) is 0 Å². The van der Waals surface area contributed by atoms with Gasteiger partial charge in [0.05, 0.1) is 13.1 Å². The van der Waals surface area contributed by atoms with Crippen LogP contribution in [0, 0.1) is 6.54 Å². The van der Waals surface area contributed by atoms with Gasteiger partial charge in [-0.15, -0.1) is 0 Å². The second-order valence-corrected chi connectivity index (χ2v) is 2.43. The number of anilines is 1. The quantitative estimate of drug-likeness (QED) is 0.590. The van der Waals surface area contributed by atoms with Gasteiger partial charge in [0.1, 0.15) is 0 Å². The van der Waals surface area contributed by atoms with Gasteiger partial charge in [0, 0.05) is 17.5 Å². The van der Waals surface area contributed by atoms with Gasteiger partial charge in [-0.25, -0.2) is 0 Å². The maximum absolute atomic E-state index is 4.17. The Kier molecular flexibility index (Phi) is 1.60. The van der Waals surface area contributed by atoms with Crippen molar-refractivity contribution in [2.45, 2.75) is 0 Å². The van der Waals surface area contributed by atoms with E-state index in [0.717, 1.165) is 17.8 Å². The maximum Gasteiger partial charge on any atom is 0.0676 e. The van der Waals surface area contributed by atoms with Gasteiger partial charge in [-0.2, -0.15) is 0 Å². The van der Waals surface area contributed by atoms with Crippen LogP contribution in [0.5, 0.6) is 0 Å². The lowest BCUT2D eigenvalue weighted by Crippen LogP contribution is -1.95. The van der Waals surface area contributed by atoms with E-state index >= 15 is 0 Å². The highest BCUT2D eigenvalue weighted by Crippen LogP contribution is 2.14. The van der Waals surface area contributed by atoms with Crippen LogP contribution in [-0.2, 0) is 0 Å². The molecule has 1 aromatic carbocycles. The minimum Gasteiger partial charge on any atom is -0.378 e. The van der Waals surface area contributed by atoms with Crippen molar-refractivity contribution in [2.24, 2.45) is 4.99 Å². The summed E-state index contributed by atoms with van der Waals surface area (Å²) < 4.78 is 0. The van der Waals surface area contributed by atoms with Crippen molar-refractivity contribution >= 4 is 11.9 Å². The van der Waals surface area contributed by atoms with Crippen LogP contribution < -0.4 is 5.32 Å². The number of para-hydroxylation sites is 1. The Hall–Kier alpha value is -1.31. The second-order valence-electron chi connectivity index (χ2n) is 2.43. The Morgan fingerprint density at radius 2 is 2.18 bits per heavy atom. The zero-order valence-corrected chi connectivity index (χ0v) is 6.12. The molecular weight excluding hydrogens is 136 g/mol. The number of benzene rings is 1. The molecule has 1 radical (unpaired) electrons. The maximum atomic E-state index is 4.17. The Balaban J connectivity index is 2.45. The minimum absolute atomic E-state index is 0.745. The van der Waals surface area contributed by atoms with Crippen molar-refractivity contribution in [2.75, 3.05) is 11.9 Å². The van der Waals surface area contributed by atoms with Crippen molar-refractivity contribution in [3.63, 3.8) is 0 Å². The van der Waals surface area contributed by atoms with Gasteiger partial charge in [-0.3, -0.25) is 4.99 Å². The van der Waals surface area contributed by atoms with Gasteiger partial charge in [0.15, 0.2) is 0 Å². The standard InChI is InChI=1S/C9H9N2/c1-2-4-9-8(3-1)7-10-5-6-11-9/h1-4,6-7,11H,5H2. The van der Waals surface area contributed by atoms with Crippen LogP contribution in [0.15, 0.2) is 29.3 Å². The largest absolute Gasteiger partial charge is 0.378 e. The van der Waals surface area contributed by atoms with Crippen LogP contribution in [0.4, 0.5) is 5.69 Å². The van der Waals surface area contributed by atoms with Crippen molar-refractivity contribution in [1.82, 2.24) is 0 Å². The molecule has 55 valence electrons. The van der Waals surface area contributed by atoms with E-state index < -0.39 is 0 Å². The van der Waals surface area contributed by atoms with Gasteiger partial charge in [0.2, 0.25) is 0 Å². The summed E-state index contributed by atoms with van der Waals surface area (Å²) in [6.45, 7) is 2.69. The monoisotopic (exact) mass is 145 g/mol. The van der Waals surface area contributed by atoms with Crippen molar-refractivity contribution in [3.8, 4) is 0 Å². The Morgan fingerprint density at radius 3 is 3.18 bits per heavy atom. The first-order valence-corrected chi connectivity index (χ1v) is 3.64. The zero-order chi connectivity index (χ0) is 7.52. The highest BCUT2D eigenvalue weighted by molar-refractivity contribution is 5.88. The fraction of sp³-hybridized carbons (Fsp3) is 0.111. The molecule has 0 saturated carbocycles. The number of fused-ring (bicyclic) bond motifs is 1. The van der Waals surface area contributed by atoms with Gasteiger partial charge < -0.3 is 5.32 Å². The summed E-state index contributed by atoms with van der Waals surface area (Å²) in [6, 6.07) is 8.12. The molecule has 0 amide bonds. The lowest BCUT2D eigenvalue weighted by Gasteiger charge is -2.02. The molecule has 0 saturated heterocycles. The fourth-order valence-electron chi connectivity index (χ4n) is 1.10. The molecule has 1 aromatic rings. The number of rotatable bonds is 0. The number of benzodiazepines with no additional fused rings is 1. The summed E-state index contributed by atoms with van der Waals surface area (Å²) in [5.41, 5.74) is 2.29. The number of nitrogens with zero attached hydrogens (tertiary/aromatic N) is 1. The molecule has 1 aliphatic rings. The summed E-state index contributed by atoms with van der Waals surface area (Å²) in [7, 11) is 0. The second kappa shape index (κ2) is 2.74. The molecule has 2 heteroatoms. The number of hydrogen-bond donors (Lipinski definition) is 1. The molecule has 0 aromatic heterocycles. The highest BCUT2D eigenvalue weighted by atomic mass is 14.9. The van der Waals surface area contributed by atoms with Crippen LogP contribution in [0.2, 0.25) is 0 Å². The smallest absolute Gasteiger partial charge is 0.0676 e. The molecule has 1 aliphatic heterocycles. The third-order valence-electron chi connectivity index (χ3n) is 1.65. The zero-order valence-electron chi connectivity index (χ0n) is 6.12. The number of nitrogens with one attached hydrogen (secondary N) is 1. The summed E-state index contributed by atoms with van der Waals surface area (Å²) in [5, 5.41) is 3.18. The van der Waals surface area contributed by atoms with E-state index in [1.54, 1.807) is 0 Å². The first-order valence-electron chi connectivity index (χ1n) is 3.64. The summed E-state index contributed by atoms with van der Waals surface area (Å²) >= 11 is 0. The van der Waals surface area contributed by atoms with Crippen LogP contribution in [-0.4, -0.2) is 12.8 Å². The Labute approximate surface area is 66.0 Å². The molecule has 0 unspecified atom stereocenters. The van der Waals surface area contributed by atoms with Gasteiger partial charge >= 0.3 is 0 Å². The van der Waals surface area contributed by atoms with E-state index in [1.165, 1.54) is 0 Å². The van der Waals surface area contributed by atoms with Crippen molar-refractivity contribution in [1.29, 1.82) is 0 Å². The first kappa shape index (κ1) is 6.40. The third-order valence-corrected chi connectivity index (χ3v) is 1.65. The molecule has 1 N–H and O–H groups in total. The molecule has 0 fully saturated rings. The topological polar surface area (TPSA) is 24.4 Å². The molecule has 1 heterocycles. The van der Waals surface area contributed by atoms with E-state index in [4.69, 9.17) is 0 Å². The summed E-state index contributed by atoms with van der Waals surface area (Å²) in [5.74, 6) is 0. The minimum atomic E-state index is 0.745. The molecule has 0 spiro atoms. The average molecular weight is 145 g/mol. The molecule has 0 aliphatic carbocycles. The van der Waals surface area contributed by atoms with Gasteiger partial charge in [0.25, 0.3) is 0 Å². The van der Waals surface area contributed by atoms with Crippen LogP contribution >= 0.6 is 0 Å². The van der Waals surface area contributed by atoms with Gasteiger partial charge in [-0.1, -0.05) is 18.2 Å². The first-order chi connectivity index (χ1) is 5.47. The fourth-order valence-corrected chi connectivity index (χ4v) is 1.10. The molecule has 0 atom stereocenters. The molecule has 2 nitrogen and oxygen atoms in total. The van der Waals surface area contributed by atoms with Crippen molar-refractivity contribution < 1.29 is 0 Å². The van der Waals surface area contributed by atoms with E-state index in [2.05, 4.69) is 10.3 Å². The van der Waals surface area contributed by atoms with Crippen LogP contribution in [0.25, 0.3) is 0 Å². The predicted molar refractivity (Wildman–Crippen MR) is 46.8 cm³/mol. The van der Waals surface area contributed by atoms with E-state index in [0.29, 0.717) is 0 Å². The predicted octanol–water partition coefficient (Wildman–Crippen LogP) is 1.69. The molecule has 11 heavy (non-hydrogen) atoms. The summed E-state index contributed by atoms with van der Waals surface area (Å²) in [6.07, 6.45) is 1.89. The Bertz CT molecular complexity index is 279.